The Balaban J connectivity index is 1.76. The van der Waals surface area contributed by atoms with Gasteiger partial charge in [-0.25, -0.2) is 4.98 Å². The van der Waals surface area contributed by atoms with Gasteiger partial charge in [0.05, 0.1) is 28.1 Å². The monoisotopic (exact) mass is 310 g/mol. The van der Waals surface area contributed by atoms with Crippen LogP contribution in [0.3, 0.4) is 0 Å². The molecule has 3 aromatic carbocycles. The standard InChI is InChI=1S/C20H14N4/c1-4-10-16-13(7-1)19-21-14-8-2-6-12-18(14)24(19)20-22-15-9-3-5-11-17(15)23(16)20/h1-12,19,21H. The third kappa shape index (κ3) is 1.36. The molecule has 0 radical (unpaired) electrons. The Morgan fingerprint density at radius 1 is 0.792 bits per heavy atom. The van der Waals surface area contributed by atoms with Crippen LogP contribution >= 0.6 is 0 Å². The molecule has 4 aromatic rings. The average molecular weight is 310 g/mol. The summed E-state index contributed by atoms with van der Waals surface area (Å²) in [6, 6.07) is 25.3. The Hall–Kier alpha value is -3.27. The van der Waals surface area contributed by atoms with E-state index in [4.69, 9.17) is 4.98 Å². The van der Waals surface area contributed by atoms with Crippen LogP contribution in [0.25, 0.3) is 16.7 Å². The van der Waals surface area contributed by atoms with Crippen molar-refractivity contribution in [3.8, 4) is 5.69 Å². The van der Waals surface area contributed by atoms with Gasteiger partial charge in [-0.15, -0.1) is 0 Å². The summed E-state index contributed by atoms with van der Waals surface area (Å²) in [4.78, 5) is 7.25. The number of anilines is 3. The van der Waals surface area contributed by atoms with Crippen molar-refractivity contribution in [1.29, 1.82) is 0 Å². The van der Waals surface area contributed by atoms with E-state index in [1.54, 1.807) is 0 Å². The van der Waals surface area contributed by atoms with E-state index >= 15 is 0 Å². The van der Waals surface area contributed by atoms with Gasteiger partial charge < -0.3 is 5.32 Å². The predicted molar refractivity (Wildman–Crippen MR) is 96.0 cm³/mol. The van der Waals surface area contributed by atoms with Gasteiger partial charge in [0, 0.05) is 5.56 Å². The number of benzene rings is 3. The maximum absolute atomic E-state index is 4.94. The van der Waals surface area contributed by atoms with Crippen LogP contribution in [0.5, 0.6) is 0 Å². The second-order valence-electron chi connectivity index (χ2n) is 6.23. The van der Waals surface area contributed by atoms with E-state index in [2.05, 4.69) is 81.5 Å². The lowest BCUT2D eigenvalue weighted by Crippen LogP contribution is -2.31. The number of aromatic nitrogens is 2. The summed E-state index contributed by atoms with van der Waals surface area (Å²) in [6.07, 6.45) is 0.0860. The third-order valence-corrected chi connectivity index (χ3v) is 4.94. The van der Waals surface area contributed by atoms with Crippen LogP contribution in [0.4, 0.5) is 17.3 Å². The van der Waals surface area contributed by atoms with Gasteiger partial charge >= 0.3 is 0 Å². The number of hydrogen-bond donors (Lipinski definition) is 1. The van der Waals surface area contributed by atoms with Crippen LogP contribution in [0.1, 0.15) is 11.7 Å². The molecule has 2 aliphatic rings. The van der Waals surface area contributed by atoms with E-state index in [0.29, 0.717) is 0 Å². The molecule has 0 fully saturated rings. The van der Waals surface area contributed by atoms with Crippen molar-refractivity contribution < 1.29 is 0 Å². The molecule has 0 saturated heterocycles. The van der Waals surface area contributed by atoms with E-state index in [9.17, 15) is 0 Å². The zero-order valence-electron chi connectivity index (χ0n) is 12.8. The first kappa shape index (κ1) is 12.2. The molecule has 0 bridgehead atoms. The highest BCUT2D eigenvalue weighted by atomic mass is 15.4. The fourth-order valence-electron chi connectivity index (χ4n) is 3.93. The molecule has 0 spiro atoms. The number of rotatable bonds is 0. The second-order valence-corrected chi connectivity index (χ2v) is 6.23. The minimum Gasteiger partial charge on any atom is -0.359 e. The average Bonchev–Trinajstić information content (AvgIpc) is 3.20. The molecule has 0 saturated carbocycles. The largest absolute Gasteiger partial charge is 0.359 e. The quantitative estimate of drug-likeness (QED) is 0.515. The molecule has 1 N–H and O–H groups in total. The van der Waals surface area contributed by atoms with Crippen molar-refractivity contribution in [2.45, 2.75) is 6.17 Å². The Morgan fingerprint density at radius 3 is 2.50 bits per heavy atom. The lowest BCUT2D eigenvalue weighted by molar-refractivity contribution is 0.751. The van der Waals surface area contributed by atoms with Crippen molar-refractivity contribution in [3.63, 3.8) is 0 Å². The summed E-state index contributed by atoms with van der Waals surface area (Å²) in [5, 5.41) is 3.65. The van der Waals surface area contributed by atoms with Crippen LogP contribution in [-0.2, 0) is 0 Å². The van der Waals surface area contributed by atoms with Crippen molar-refractivity contribution in [1.82, 2.24) is 9.55 Å². The summed E-state index contributed by atoms with van der Waals surface area (Å²) in [6.45, 7) is 0. The summed E-state index contributed by atoms with van der Waals surface area (Å²) in [5.74, 6) is 0.970. The Morgan fingerprint density at radius 2 is 1.54 bits per heavy atom. The molecule has 4 nitrogen and oxygen atoms in total. The topological polar surface area (TPSA) is 33.1 Å². The molecule has 24 heavy (non-hydrogen) atoms. The zero-order valence-corrected chi connectivity index (χ0v) is 12.8. The van der Waals surface area contributed by atoms with Gasteiger partial charge in [0.15, 0.2) is 0 Å². The molecule has 6 rings (SSSR count). The zero-order chi connectivity index (χ0) is 15.7. The number of hydrogen-bond acceptors (Lipinski definition) is 3. The molecule has 2 aliphatic heterocycles. The first-order valence-electron chi connectivity index (χ1n) is 8.13. The van der Waals surface area contributed by atoms with Crippen LogP contribution in [-0.4, -0.2) is 9.55 Å². The van der Waals surface area contributed by atoms with Crippen molar-refractivity contribution >= 4 is 28.4 Å². The SMILES string of the molecule is c1ccc2c(c1)NC1c3ccccc3-n3c(nc4ccccc43)N21. The van der Waals surface area contributed by atoms with Crippen LogP contribution in [0.15, 0.2) is 72.8 Å². The molecule has 0 amide bonds. The highest BCUT2D eigenvalue weighted by molar-refractivity contribution is 5.90. The normalized spacial score (nSPS) is 17.0. The van der Waals surface area contributed by atoms with Crippen LogP contribution in [0.2, 0.25) is 0 Å². The smallest absolute Gasteiger partial charge is 0.217 e. The van der Waals surface area contributed by atoms with E-state index in [0.717, 1.165) is 22.7 Å². The number of para-hydroxylation sites is 5. The van der Waals surface area contributed by atoms with Gasteiger partial charge in [0.25, 0.3) is 0 Å². The maximum Gasteiger partial charge on any atom is 0.217 e. The predicted octanol–water partition coefficient (Wildman–Crippen LogP) is 4.60. The maximum atomic E-state index is 4.94. The lowest BCUT2D eigenvalue weighted by Gasteiger charge is -2.33. The minimum absolute atomic E-state index is 0.0860. The molecule has 1 unspecified atom stereocenters. The first-order chi connectivity index (χ1) is 11.9. The molecular weight excluding hydrogens is 296 g/mol. The summed E-state index contributed by atoms with van der Waals surface area (Å²) in [7, 11) is 0. The minimum atomic E-state index is 0.0860. The molecule has 0 aliphatic carbocycles. The van der Waals surface area contributed by atoms with Crippen molar-refractivity contribution in [3.05, 3.63) is 78.4 Å². The number of nitrogens with one attached hydrogen (secondary N) is 1. The summed E-state index contributed by atoms with van der Waals surface area (Å²) in [5.41, 5.74) is 6.95. The van der Waals surface area contributed by atoms with Gasteiger partial charge in [0.2, 0.25) is 5.95 Å². The molecule has 1 atom stereocenters. The van der Waals surface area contributed by atoms with Gasteiger partial charge in [-0.3, -0.25) is 9.47 Å². The third-order valence-electron chi connectivity index (χ3n) is 4.94. The lowest BCUT2D eigenvalue weighted by atomic mass is 10.1. The van der Waals surface area contributed by atoms with Gasteiger partial charge in [0.1, 0.15) is 6.17 Å². The van der Waals surface area contributed by atoms with Gasteiger partial charge in [-0.2, -0.15) is 0 Å². The molecule has 3 heterocycles. The fourth-order valence-corrected chi connectivity index (χ4v) is 3.93. The Kier molecular flexibility index (Phi) is 2.12. The molecule has 1 aromatic heterocycles. The van der Waals surface area contributed by atoms with Gasteiger partial charge in [-0.1, -0.05) is 42.5 Å². The molecular formula is C20H14N4. The number of nitrogens with zero attached hydrogens (tertiary/aromatic N) is 3. The van der Waals surface area contributed by atoms with Crippen molar-refractivity contribution in [2.24, 2.45) is 0 Å². The number of fused-ring (bicyclic) bond motifs is 10. The fraction of sp³-hybridized carbons (Fsp3) is 0.0500. The summed E-state index contributed by atoms with van der Waals surface area (Å²) < 4.78 is 2.27. The molecule has 4 heteroatoms. The Bertz CT molecular complexity index is 1110. The summed E-state index contributed by atoms with van der Waals surface area (Å²) >= 11 is 0. The highest BCUT2D eigenvalue weighted by Crippen LogP contribution is 2.50. The van der Waals surface area contributed by atoms with E-state index in [1.807, 2.05) is 6.07 Å². The van der Waals surface area contributed by atoms with E-state index in [-0.39, 0.29) is 6.17 Å². The van der Waals surface area contributed by atoms with Crippen LogP contribution < -0.4 is 10.2 Å². The Labute approximate surface area is 139 Å². The van der Waals surface area contributed by atoms with Gasteiger partial charge in [-0.05, 0) is 30.3 Å². The van der Waals surface area contributed by atoms with Crippen molar-refractivity contribution in [2.75, 3.05) is 10.2 Å². The number of imidazole rings is 1. The van der Waals surface area contributed by atoms with E-state index in [1.165, 1.54) is 16.9 Å². The molecule has 114 valence electrons. The van der Waals surface area contributed by atoms with E-state index < -0.39 is 0 Å². The first-order valence-corrected chi connectivity index (χ1v) is 8.13. The second kappa shape index (κ2) is 4.17. The van der Waals surface area contributed by atoms with Crippen LogP contribution in [0, 0.1) is 0 Å². The highest BCUT2D eigenvalue weighted by Gasteiger charge is 2.39.